The molecule has 1 amide bonds. The molecule has 0 spiro atoms. The minimum Gasteiger partial charge on any atom is -0.395 e. The molecular weight excluding hydrogens is 290 g/mol. The van der Waals surface area contributed by atoms with Gasteiger partial charge in [0.05, 0.1) is 6.61 Å². The molecule has 2 heterocycles. The van der Waals surface area contributed by atoms with Crippen molar-refractivity contribution in [3.8, 4) is 0 Å². The fourth-order valence-corrected chi connectivity index (χ4v) is 2.69. The van der Waals surface area contributed by atoms with Gasteiger partial charge in [0, 0.05) is 22.7 Å². The van der Waals surface area contributed by atoms with E-state index in [0.717, 1.165) is 11.4 Å². The fraction of sp³-hybridized carbons (Fsp3) is 0.538. The number of thioether (sulfide) groups is 1. The van der Waals surface area contributed by atoms with E-state index in [0.29, 0.717) is 5.78 Å². The molecule has 0 bridgehead atoms. The number of nitrogens with one attached hydrogen (secondary N) is 1. The van der Waals surface area contributed by atoms with Gasteiger partial charge >= 0.3 is 0 Å². The Kier molecular flexibility index (Phi) is 4.79. The second-order valence-corrected chi connectivity index (χ2v) is 5.98. The number of aryl methyl sites for hydroxylation is 2. The van der Waals surface area contributed by atoms with Gasteiger partial charge in [0.1, 0.15) is 0 Å². The predicted molar refractivity (Wildman–Crippen MR) is 81.6 cm³/mol. The van der Waals surface area contributed by atoms with Gasteiger partial charge in [-0.25, -0.2) is 9.50 Å². The first-order valence-electron chi connectivity index (χ1n) is 6.61. The van der Waals surface area contributed by atoms with Crippen LogP contribution in [0.25, 0.3) is 5.78 Å². The van der Waals surface area contributed by atoms with E-state index < -0.39 is 0 Å². The van der Waals surface area contributed by atoms with E-state index in [9.17, 15) is 9.90 Å². The number of carbonyl (C=O) groups is 1. The monoisotopic (exact) mass is 309 g/mol. The summed E-state index contributed by atoms with van der Waals surface area (Å²) in [5, 5.41) is 16.2. The highest BCUT2D eigenvalue weighted by atomic mass is 32.2. The Hall–Kier alpha value is -1.67. The molecule has 2 N–H and O–H groups in total. The maximum Gasteiger partial charge on any atom is 0.291 e. The number of aliphatic hydroxyl groups excluding tert-OH is 1. The molecule has 2 atom stereocenters. The van der Waals surface area contributed by atoms with Gasteiger partial charge in [-0.2, -0.15) is 16.7 Å². The van der Waals surface area contributed by atoms with Crippen LogP contribution in [-0.4, -0.2) is 54.8 Å². The lowest BCUT2D eigenvalue weighted by Crippen LogP contribution is -2.41. The third kappa shape index (κ3) is 3.33. The van der Waals surface area contributed by atoms with Crippen LogP contribution in [0.15, 0.2) is 6.07 Å². The van der Waals surface area contributed by atoms with Gasteiger partial charge in [-0.3, -0.25) is 4.79 Å². The highest BCUT2D eigenvalue weighted by Crippen LogP contribution is 2.11. The van der Waals surface area contributed by atoms with Crippen molar-refractivity contribution in [2.24, 2.45) is 0 Å². The largest absolute Gasteiger partial charge is 0.395 e. The van der Waals surface area contributed by atoms with Crippen LogP contribution in [-0.2, 0) is 0 Å². The molecule has 0 radical (unpaired) electrons. The van der Waals surface area contributed by atoms with Gasteiger partial charge in [0.2, 0.25) is 5.82 Å². The summed E-state index contributed by atoms with van der Waals surface area (Å²) in [6.07, 6.45) is 1.89. The summed E-state index contributed by atoms with van der Waals surface area (Å²) in [6, 6.07) is 1.70. The van der Waals surface area contributed by atoms with Gasteiger partial charge in [0.15, 0.2) is 0 Å². The molecule has 2 aromatic rings. The molecule has 0 saturated heterocycles. The first-order chi connectivity index (χ1) is 9.96. The molecule has 0 fully saturated rings. The second-order valence-electron chi connectivity index (χ2n) is 4.90. The van der Waals surface area contributed by atoms with Crippen molar-refractivity contribution < 1.29 is 9.90 Å². The Morgan fingerprint density at radius 2 is 2.19 bits per heavy atom. The van der Waals surface area contributed by atoms with Crippen LogP contribution < -0.4 is 5.32 Å². The van der Waals surface area contributed by atoms with Crippen LogP contribution in [0, 0.1) is 13.8 Å². The normalized spacial score (nSPS) is 14.1. The smallest absolute Gasteiger partial charge is 0.291 e. The molecule has 2 unspecified atom stereocenters. The summed E-state index contributed by atoms with van der Waals surface area (Å²) in [6.45, 7) is 5.60. The van der Waals surface area contributed by atoms with E-state index in [1.807, 2.05) is 33.1 Å². The number of hydrogen-bond donors (Lipinski definition) is 2. The lowest BCUT2D eigenvalue weighted by Gasteiger charge is -2.20. The van der Waals surface area contributed by atoms with Crippen molar-refractivity contribution >= 4 is 23.4 Å². The van der Waals surface area contributed by atoms with Crippen molar-refractivity contribution in [3.05, 3.63) is 23.3 Å². The van der Waals surface area contributed by atoms with E-state index in [1.165, 1.54) is 11.8 Å². The quantitative estimate of drug-likeness (QED) is 0.839. The van der Waals surface area contributed by atoms with Gasteiger partial charge in [-0.1, -0.05) is 0 Å². The minimum atomic E-state index is -0.363. The molecule has 21 heavy (non-hydrogen) atoms. The SMILES string of the molecule is CSC(CO)C(C)NC(=O)c1nc2nc(C)cc(C)n2n1. The molecule has 0 aliphatic heterocycles. The zero-order valence-corrected chi connectivity index (χ0v) is 13.3. The molecule has 0 aliphatic rings. The number of rotatable bonds is 5. The molecule has 0 aliphatic carbocycles. The number of fused-ring (bicyclic) bond motifs is 1. The first-order valence-corrected chi connectivity index (χ1v) is 7.90. The van der Waals surface area contributed by atoms with Crippen LogP contribution in [0.5, 0.6) is 0 Å². The predicted octanol–water partition coefficient (Wildman–Crippen LogP) is 0.583. The summed E-state index contributed by atoms with van der Waals surface area (Å²) >= 11 is 1.50. The molecule has 7 nitrogen and oxygen atoms in total. The summed E-state index contributed by atoms with van der Waals surface area (Å²) in [7, 11) is 0. The Morgan fingerprint density at radius 3 is 2.81 bits per heavy atom. The van der Waals surface area contributed by atoms with Crippen LogP contribution in [0.3, 0.4) is 0 Å². The van der Waals surface area contributed by atoms with E-state index >= 15 is 0 Å². The van der Waals surface area contributed by atoms with Crippen molar-refractivity contribution in [1.82, 2.24) is 24.9 Å². The van der Waals surface area contributed by atoms with Crippen molar-refractivity contribution in [2.45, 2.75) is 32.1 Å². The molecule has 2 rings (SSSR count). The number of nitrogens with zero attached hydrogens (tertiary/aromatic N) is 4. The van der Waals surface area contributed by atoms with Crippen molar-refractivity contribution in [1.29, 1.82) is 0 Å². The van der Waals surface area contributed by atoms with Gasteiger partial charge in [-0.15, -0.1) is 5.10 Å². The van der Waals surface area contributed by atoms with Crippen molar-refractivity contribution in [3.63, 3.8) is 0 Å². The highest BCUT2D eigenvalue weighted by molar-refractivity contribution is 7.99. The summed E-state index contributed by atoms with van der Waals surface area (Å²) < 4.78 is 1.55. The van der Waals surface area contributed by atoms with Gasteiger partial charge < -0.3 is 10.4 Å². The van der Waals surface area contributed by atoms with Crippen LogP contribution in [0.1, 0.15) is 28.9 Å². The number of aliphatic hydroxyl groups is 1. The Labute approximate surface area is 127 Å². The molecule has 0 saturated carbocycles. The fourth-order valence-electron chi connectivity index (χ4n) is 2.06. The number of aromatic nitrogens is 4. The Morgan fingerprint density at radius 1 is 1.48 bits per heavy atom. The van der Waals surface area contributed by atoms with Crippen molar-refractivity contribution in [2.75, 3.05) is 12.9 Å². The molecule has 0 aromatic carbocycles. The summed E-state index contributed by atoms with van der Waals surface area (Å²) in [5.74, 6) is 0.132. The van der Waals surface area contributed by atoms with Crippen LogP contribution in [0.2, 0.25) is 0 Å². The maximum absolute atomic E-state index is 12.2. The summed E-state index contributed by atoms with van der Waals surface area (Å²) in [5.41, 5.74) is 1.70. The lowest BCUT2D eigenvalue weighted by molar-refractivity contribution is 0.0925. The second kappa shape index (κ2) is 6.40. The standard InChI is InChI=1S/C13H19N5O2S/c1-7-5-8(2)18-13(14-7)16-11(17-18)12(20)15-9(3)10(6-19)21-4/h5,9-10,19H,6H2,1-4H3,(H,15,20). The summed E-state index contributed by atoms with van der Waals surface area (Å²) in [4.78, 5) is 20.6. The zero-order chi connectivity index (χ0) is 15.6. The average molecular weight is 309 g/mol. The van der Waals surface area contributed by atoms with Gasteiger partial charge in [-0.05, 0) is 33.1 Å². The third-order valence-corrected chi connectivity index (χ3v) is 4.38. The molecular formula is C13H19N5O2S. The van der Waals surface area contributed by atoms with E-state index in [2.05, 4.69) is 20.4 Å². The van der Waals surface area contributed by atoms with E-state index in [-0.39, 0.29) is 29.6 Å². The third-order valence-electron chi connectivity index (χ3n) is 3.22. The molecule has 114 valence electrons. The van der Waals surface area contributed by atoms with E-state index in [1.54, 1.807) is 4.52 Å². The Bertz CT molecular complexity index is 653. The van der Waals surface area contributed by atoms with Crippen LogP contribution in [0.4, 0.5) is 0 Å². The average Bonchev–Trinajstić information content (AvgIpc) is 2.84. The van der Waals surface area contributed by atoms with E-state index in [4.69, 9.17) is 0 Å². The molecule has 8 heteroatoms. The number of hydrogen-bond acceptors (Lipinski definition) is 6. The minimum absolute atomic E-state index is 0.00106. The Balaban J connectivity index is 2.22. The topological polar surface area (TPSA) is 92.4 Å². The van der Waals surface area contributed by atoms with Gasteiger partial charge in [0.25, 0.3) is 11.7 Å². The molecule has 2 aromatic heterocycles. The highest BCUT2D eigenvalue weighted by Gasteiger charge is 2.21. The maximum atomic E-state index is 12.2. The first kappa shape index (κ1) is 15.7. The lowest BCUT2D eigenvalue weighted by atomic mass is 10.2. The number of carbonyl (C=O) groups excluding carboxylic acids is 1. The van der Waals surface area contributed by atoms with Crippen LogP contribution >= 0.6 is 11.8 Å². The number of amides is 1. The zero-order valence-electron chi connectivity index (χ0n) is 12.5.